The van der Waals surface area contributed by atoms with Gasteiger partial charge in [0.15, 0.2) is 0 Å². The van der Waals surface area contributed by atoms with Crippen LogP contribution in [0, 0.1) is 6.92 Å². The number of fused-ring (bicyclic) bond motifs is 5. The van der Waals surface area contributed by atoms with E-state index < -0.39 is 12.0 Å². The quantitative estimate of drug-likeness (QED) is 0.509. The van der Waals surface area contributed by atoms with Gasteiger partial charge >= 0.3 is 0 Å². The predicted octanol–water partition coefficient (Wildman–Crippen LogP) is 3.92. The predicted molar refractivity (Wildman–Crippen MR) is 157 cm³/mol. The number of hydrogen-bond acceptors (Lipinski definition) is 7. The Balaban J connectivity index is 1.12. The summed E-state index contributed by atoms with van der Waals surface area (Å²) < 4.78 is 37.5. The summed E-state index contributed by atoms with van der Waals surface area (Å²) in [6.45, 7) is 13.5. The maximum absolute atomic E-state index is 14.5. The van der Waals surface area contributed by atoms with Gasteiger partial charge in [-0.1, -0.05) is 18.7 Å². The van der Waals surface area contributed by atoms with Crippen molar-refractivity contribution in [2.45, 2.75) is 63.3 Å². The highest BCUT2D eigenvalue weighted by molar-refractivity contribution is 5.87. The molecular weight excluding hydrogens is 540 g/mol. The molecule has 3 atom stereocenters. The summed E-state index contributed by atoms with van der Waals surface area (Å²) in [5.74, 6) is 0.590. The normalized spacial score (nSPS) is 26.9. The minimum Gasteiger partial charge on any atom is -0.366 e. The first-order valence-electron chi connectivity index (χ1n) is 15.1. The monoisotopic (exact) mass is 579 g/mol. The molecule has 1 unspecified atom stereocenters. The number of anilines is 2. The van der Waals surface area contributed by atoms with E-state index in [1.807, 2.05) is 29.3 Å². The zero-order valence-corrected chi connectivity index (χ0v) is 24.4. The Kier molecular flexibility index (Phi) is 6.84. The van der Waals surface area contributed by atoms with Crippen LogP contribution < -0.4 is 9.80 Å². The zero-order chi connectivity index (χ0) is 29.2. The molecule has 3 fully saturated rings. The molecule has 0 aliphatic carbocycles. The summed E-state index contributed by atoms with van der Waals surface area (Å²) >= 11 is 0. The van der Waals surface area contributed by atoms with Crippen molar-refractivity contribution in [3.63, 3.8) is 0 Å². The van der Waals surface area contributed by atoms with Crippen LogP contribution in [-0.2, 0) is 15.1 Å². The van der Waals surface area contributed by atoms with Gasteiger partial charge in [0.25, 0.3) is 6.43 Å². The molecule has 2 aromatic rings. The Hall–Kier alpha value is -3.31. The molecule has 1 amide bonds. The summed E-state index contributed by atoms with van der Waals surface area (Å²) in [6.07, 6.45) is 6.80. The van der Waals surface area contributed by atoms with E-state index in [-0.39, 0.29) is 23.7 Å². The highest BCUT2D eigenvalue weighted by Gasteiger charge is 2.47. The van der Waals surface area contributed by atoms with Crippen LogP contribution in [0.3, 0.4) is 0 Å². The van der Waals surface area contributed by atoms with Crippen LogP contribution in [-0.4, -0.2) is 95.0 Å². The van der Waals surface area contributed by atoms with E-state index in [9.17, 15) is 13.6 Å². The van der Waals surface area contributed by atoms with Gasteiger partial charge in [0, 0.05) is 69.5 Å². The minimum absolute atomic E-state index is 0.0234. The lowest BCUT2D eigenvalue weighted by Gasteiger charge is -2.55. The number of nitrogens with zero attached hydrogens (tertiary/aromatic N) is 7. The second-order valence-electron chi connectivity index (χ2n) is 12.4. The Labute approximate surface area is 245 Å². The molecule has 1 spiro atoms. The molecule has 7 rings (SSSR count). The molecule has 0 aromatic carbocycles. The van der Waals surface area contributed by atoms with E-state index >= 15 is 0 Å². The highest BCUT2D eigenvalue weighted by atomic mass is 19.3. The van der Waals surface area contributed by atoms with Crippen molar-refractivity contribution in [2.24, 2.45) is 0 Å². The molecule has 224 valence electrons. The third kappa shape index (κ3) is 4.35. The molecule has 3 saturated heterocycles. The summed E-state index contributed by atoms with van der Waals surface area (Å²) in [5.41, 5.74) is 3.13. The number of aryl methyl sites for hydroxylation is 1. The number of carbonyl (C=O) groups is 1. The van der Waals surface area contributed by atoms with Crippen molar-refractivity contribution in [3.8, 4) is 0 Å². The number of aromatic nitrogens is 3. The first kappa shape index (κ1) is 27.5. The second kappa shape index (κ2) is 10.4. The number of carbonyl (C=O) groups excluding carboxylic acids is 1. The van der Waals surface area contributed by atoms with Crippen LogP contribution in [0.5, 0.6) is 0 Å². The number of piperazine rings is 1. The van der Waals surface area contributed by atoms with E-state index in [2.05, 4.69) is 49.9 Å². The zero-order valence-electron chi connectivity index (χ0n) is 24.4. The smallest absolute Gasteiger partial charge is 0.281 e. The van der Waals surface area contributed by atoms with Crippen molar-refractivity contribution in [3.05, 3.63) is 53.5 Å². The number of rotatable bonds is 4. The van der Waals surface area contributed by atoms with Crippen LogP contribution in [0.4, 0.5) is 20.3 Å². The fourth-order valence-electron chi connectivity index (χ4n) is 7.71. The van der Waals surface area contributed by atoms with Crippen molar-refractivity contribution in [1.82, 2.24) is 24.6 Å². The van der Waals surface area contributed by atoms with Crippen LogP contribution in [0.25, 0.3) is 6.08 Å². The van der Waals surface area contributed by atoms with E-state index in [0.717, 1.165) is 55.8 Å². The average Bonchev–Trinajstić information content (AvgIpc) is 3.34. The number of pyridine rings is 1. The Morgan fingerprint density at radius 2 is 1.93 bits per heavy atom. The number of hydrogen-bond donors (Lipinski definition) is 0. The van der Waals surface area contributed by atoms with E-state index in [1.54, 1.807) is 0 Å². The molecular formula is C31H39F2N7O2. The standard InChI is InChI=1S/C31H39F2N7O2/c1-4-27(41)38-14-12-36(13-15-38)25-18-39-23(25)7-5-6-22-24(39)16-26(35-28(22)30(32)33)37-10-8-31(9-11-37)29-20(2)17-34-40(29)21(3)19-42-31/h4-6,16-17,21,23,25,30H,1,7-15,18-19H2,2-3H3/t21-,23?,25-/m1/s1. The third-order valence-corrected chi connectivity index (χ3v) is 10.1. The fraction of sp³-hybridized carbons (Fsp3) is 0.581. The van der Waals surface area contributed by atoms with Gasteiger partial charge in [-0.25, -0.2) is 13.8 Å². The minimum atomic E-state index is -2.66. The van der Waals surface area contributed by atoms with Crippen molar-refractivity contribution >= 4 is 23.5 Å². The molecule has 0 bridgehead atoms. The molecule has 9 nitrogen and oxygen atoms in total. The number of amides is 1. The maximum Gasteiger partial charge on any atom is 0.281 e. The molecule has 0 N–H and O–H groups in total. The van der Waals surface area contributed by atoms with Crippen LogP contribution in [0.1, 0.15) is 61.2 Å². The van der Waals surface area contributed by atoms with Gasteiger partial charge in [0.1, 0.15) is 17.1 Å². The van der Waals surface area contributed by atoms with Crippen molar-refractivity contribution in [2.75, 3.05) is 62.2 Å². The van der Waals surface area contributed by atoms with Crippen LogP contribution >= 0.6 is 0 Å². The molecule has 5 aliphatic heterocycles. The first-order chi connectivity index (χ1) is 20.3. The fourth-order valence-corrected chi connectivity index (χ4v) is 7.71. The second-order valence-corrected chi connectivity index (χ2v) is 12.4. The number of ether oxygens (including phenoxy) is 1. The van der Waals surface area contributed by atoms with Gasteiger partial charge in [-0.15, -0.1) is 0 Å². The lowest BCUT2D eigenvalue weighted by molar-refractivity contribution is -0.128. The van der Waals surface area contributed by atoms with Gasteiger partial charge in [-0.3, -0.25) is 14.4 Å². The van der Waals surface area contributed by atoms with Crippen LogP contribution in [0.2, 0.25) is 0 Å². The Bertz CT molecular complexity index is 1410. The first-order valence-corrected chi connectivity index (χ1v) is 15.1. The maximum atomic E-state index is 14.5. The molecule has 7 heterocycles. The lowest BCUT2D eigenvalue weighted by Crippen LogP contribution is -2.69. The molecule has 2 aromatic heterocycles. The Morgan fingerprint density at radius 1 is 1.17 bits per heavy atom. The molecule has 5 aliphatic rings. The van der Waals surface area contributed by atoms with Crippen molar-refractivity contribution < 1.29 is 18.3 Å². The van der Waals surface area contributed by atoms with E-state index in [4.69, 9.17) is 4.74 Å². The summed E-state index contributed by atoms with van der Waals surface area (Å²) in [7, 11) is 0. The molecule has 11 heteroatoms. The van der Waals surface area contributed by atoms with Gasteiger partial charge in [0.05, 0.1) is 30.2 Å². The van der Waals surface area contributed by atoms with Gasteiger partial charge in [0.2, 0.25) is 5.91 Å². The molecule has 0 radical (unpaired) electrons. The number of piperidine rings is 1. The number of halogens is 2. The van der Waals surface area contributed by atoms with Crippen molar-refractivity contribution in [1.29, 1.82) is 0 Å². The van der Waals surface area contributed by atoms with Crippen LogP contribution in [0.15, 0.2) is 31.0 Å². The Morgan fingerprint density at radius 3 is 2.64 bits per heavy atom. The number of alkyl halides is 2. The van der Waals surface area contributed by atoms with Gasteiger partial charge in [-0.05, 0) is 44.7 Å². The van der Waals surface area contributed by atoms with Gasteiger partial charge < -0.3 is 19.4 Å². The van der Waals surface area contributed by atoms with Gasteiger partial charge in [-0.2, -0.15) is 5.10 Å². The molecule has 42 heavy (non-hydrogen) atoms. The van der Waals surface area contributed by atoms with E-state index in [0.29, 0.717) is 50.2 Å². The largest absolute Gasteiger partial charge is 0.366 e. The summed E-state index contributed by atoms with van der Waals surface area (Å²) in [5, 5.41) is 4.62. The highest BCUT2D eigenvalue weighted by Crippen LogP contribution is 2.45. The molecule has 0 saturated carbocycles. The SMILES string of the molecule is C=CC(=O)N1CCN([C@@H]2CN3c4cc(N5CCC6(CC5)OC[C@@H](C)n5ncc(C)c56)nc(C(F)F)c4C=CCC23)CC1. The average molecular weight is 580 g/mol. The summed E-state index contributed by atoms with van der Waals surface area (Å²) in [6, 6.07) is 2.74. The topological polar surface area (TPSA) is 70.0 Å². The van der Waals surface area contributed by atoms with E-state index in [1.165, 1.54) is 6.08 Å². The summed E-state index contributed by atoms with van der Waals surface area (Å²) in [4.78, 5) is 25.3. The third-order valence-electron chi connectivity index (χ3n) is 10.1. The lowest BCUT2D eigenvalue weighted by atomic mass is 9.84.